The van der Waals surface area contributed by atoms with Crippen molar-refractivity contribution < 1.29 is 4.74 Å². The largest absolute Gasteiger partial charge is 0.497 e. The average molecular weight is 264 g/mol. The molecule has 1 unspecified atom stereocenters. The van der Waals surface area contributed by atoms with E-state index in [9.17, 15) is 0 Å². The summed E-state index contributed by atoms with van der Waals surface area (Å²) in [6.45, 7) is 6.04. The highest BCUT2D eigenvalue weighted by molar-refractivity contribution is 5.61. The smallest absolute Gasteiger partial charge is 0.119 e. The van der Waals surface area contributed by atoms with Crippen molar-refractivity contribution in [2.75, 3.05) is 7.11 Å². The predicted molar refractivity (Wildman–Crippen MR) is 84.3 cm³/mol. The minimum Gasteiger partial charge on any atom is -0.497 e. The third kappa shape index (κ3) is 2.24. The minimum absolute atomic E-state index is 0.523. The Hall–Kier alpha value is -2.02. The first kappa shape index (κ1) is 13.0. The van der Waals surface area contributed by atoms with Gasteiger partial charge in [-0.15, -0.1) is 0 Å². The van der Waals surface area contributed by atoms with Gasteiger partial charge in [0.1, 0.15) is 5.75 Å². The first-order valence-corrected chi connectivity index (χ1v) is 7.11. The molecule has 102 valence electrons. The Labute approximate surface area is 120 Å². The van der Waals surface area contributed by atoms with Gasteiger partial charge in [0.05, 0.1) is 7.11 Å². The van der Waals surface area contributed by atoms with Crippen LogP contribution in [-0.4, -0.2) is 7.11 Å². The Morgan fingerprint density at radius 2 is 1.90 bits per heavy atom. The first-order valence-electron chi connectivity index (χ1n) is 7.11. The van der Waals surface area contributed by atoms with Crippen LogP contribution in [0.1, 0.15) is 41.5 Å². The highest BCUT2D eigenvalue weighted by Crippen LogP contribution is 2.39. The average Bonchev–Trinajstić information content (AvgIpc) is 2.90. The lowest BCUT2D eigenvalue weighted by Crippen LogP contribution is -1.96. The molecule has 1 nitrogen and oxygen atoms in total. The van der Waals surface area contributed by atoms with E-state index in [0.717, 1.165) is 17.7 Å². The SMILES string of the molecule is C=C(C)c1ccc(C2CCc3cc(OC)ccc32)cc1. The zero-order valence-corrected chi connectivity index (χ0v) is 12.1. The monoisotopic (exact) mass is 264 g/mol. The highest BCUT2D eigenvalue weighted by Gasteiger charge is 2.24. The van der Waals surface area contributed by atoms with Crippen molar-refractivity contribution in [3.8, 4) is 5.75 Å². The summed E-state index contributed by atoms with van der Waals surface area (Å²) in [5, 5.41) is 0. The molecule has 1 aliphatic carbocycles. The number of hydrogen-bond acceptors (Lipinski definition) is 1. The Morgan fingerprint density at radius 1 is 1.15 bits per heavy atom. The van der Waals surface area contributed by atoms with Crippen LogP contribution in [0.15, 0.2) is 49.0 Å². The topological polar surface area (TPSA) is 9.23 Å². The van der Waals surface area contributed by atoms with Crippen molar-refractivity contribution in [1.82, 2.24) is 0 Å². The number of aryl methyl sites for hydroxylation is 1. The number of hydrogen-bond donors (Lipinski definition) is 0. The van der Waals surface area contributed by atoms with E-state index in [1.165, 1.54) is 28.7 Å². The van der Waals surface area contributed by atoms with Gasteiger partial charge in [-0.2, -0.15) is 0 Å². The summed E-state index contributed by atoms with van der Waals surface area (Å²) in [4.78, 5) is 0. The second-order valence-electron chi connectivity index (χ2n) is 5.56. The molecule has 0 aliphatic heterocycles. The number of rotatable bonds is 3. The van der Waals surface area contributed by atoms with Gasteiger partial charge < -0.3 is 4.74 Å². The van der Waals surface area contributed by atoms with Crippen molar-refractivity contribution in [3.05, 3.63) is 71.3 Å². The zero-order chi connectivity index (χ0) is 14.1. The molecule has 0 spiro atoms. The van der Waals surface area contributed by atoms with Gasteiger partial charge >= 0.3 is 0 Å². The molecular weight excluding hydrogens is 244 g/mol. The standard InChI is InChI=1S/C19H20O/c1-13(2)14-4-6-15(7-5-14)18-10-8-16-12-17(20-3)9-11-19(16)18/h4-7,9,11-12,18H,1,8,10H2,2-3H3. The zero-order valence-electron chi connectivity index (χ0n) is 12.1. The number of fused-ring (bicyclic) bond motifs is 1. The molecule has 0 amide bonds. The Morgan fingerprint density at radius 3 is 2.55 bits per heavy atom. The quantitative estimate of drug-likeness (QED) is 0.773. The molecule has 0 bridgehead atoms. The fourth-order valence-electron chi connectivity index (χ4n) is 3.07. The molecule has 1 heteroatoms. The normalized spacial score (nSPS) is 16.8. The van der Waals surface area contributed by atoms with E-state index in [2.05, 4.69) is 49.0 Å². The molecule has 0 saturated carbocycles. The molecule has 1 atom stereocenters. The molecule has 0 fully saturated rings. The highest BCUT2D eigenvalue weighted by atomic mass is 16.5. The summed E-state index contributed by atoms with van der Waals surface area (Å²) < 4.78 is 5.31. The lowest BCUT2D eigenvalue weighted by Gasteiger charge is -2.13. The van der Waals surface area contributed by atoms with Gasteiger partial charge in [-0.25, -0.2) is 0 Å². The molecule has 2 aromatic carbocycles. The molecule has 20 heavy (non-hydrogen) atoms. The van der Waals surface area contributed by atoms with Crippen LogP contribution in [0.5, 0.6) is 5.75 Å². The fraction of sp³-hybridized carbons (Fsp3) is 0.263. The third-order valence-electron chi connectivity index (χ3n) is 4.23. The molecule has 0 aromatic heterocycles. The summed E-state index contributed by atoms with van der Waals surface area (Å²) in [7, 11) is 1.73. The molecule has 0 saturated heterocycles. The summed E-state index contributed by atoms with van der Waals surface area (Å²) in [5.74, 6) is 1.48. The third-order valence-corrected chi connectivity index (χ3v) is 4.23. The minimum atomic E-state index is 0.523. The van der Waals surface area contributed by atoms with Crippen molar-refractivity contribution in [1.29, 1.82) is 0 Å². The summed E-state index contributed by atoms with van der Waals surface area (Å²) in [6, 6.07) is 15.3. The van der Waals surface area contributed by atoms with E-state index in [1.54, 1.807) is 7.11 Å². The molecular formula is C19H20O. The number of allylic oxidation sites excluding steroid dienone is 1. The van der Waals surface area contributed by atoms with E-state index in [1.807, 2.05) is 6.92 Å². The van der Waals surface area contributed by atoms with Crippen LogP contribution in [-0.2, 0) is 6.42 Å². The number of benzene rings is 2. The Balaban J connectivity index is 1.92. The Kier molecular flexibility index (Phi) is 3.35. The van der Waals surface area contributed by atoms with Crippen LogP contribution in [0.4, 0.5) is 0 Å². The van der Waals surface area contributed by atoms with Crippen molar-refractivity contribution in [3.63, 3.8) is 0 Å². The van der Waals surface area contributed by atoms with Gasteiger partial charge in [-0.1, -0.05) is 42.5 Å². The number of methoxy groups -OCH3 is 1. The molecule has 3 rings (SSSR count). The lowest BCUT2D eigenvalue weighted by atomic mass is 9.92. The van der Waals surface area contributed by atoms with Crippen molar-refractivity contribution >= 4 is 5.57 Å². The van der Waals surface area contributed by atoms with Crippen LogP contribution in [0, 0.1) is 0 Å². The van der Waals surface area contributed by atoms with Gasteiger partial charge in [0.15, 0.2) is 0 Å². The summed E-state index contributed by atoms with van der Waals surface area (Å²) in [6.07, 6.45) is 2.33. The second kappa shape index (κ2) is 5.16. The molecule has 1 aliphatic rings. The lowest BCUT2D eigenvalue weighted by molar-refractivity contribution is 0.414. The number of ether oxygens (including phenoxy) is 1. The van der Waals surface area contributed by atoms with E-state index < -0.39 is 0 Å². The van der Waals surface area contributed by atoms with Gasteiger partial charge in [-0.3, -0.25) is 0 Å². The molecule has 0 N–H and O–H groups in total. The maximum atomic E-state index is 5.31. The van der Waals surface area contributed by atoms with Gasteiger partial charge in [0.25, 0.3) is 0 Å². The Bertz CT molecular complexity index is 637. The van der Waals surface area contributed by atoms with E-state index in [-0.39, 0.29) is 0 Å². The summed E-state index contributed by atoms with van der Waals surface area (Å²) in [5.41, 5.74) is 6.63. The van der Waals surface area contributed by atoms with E-state index in [4.69, 9.17) is 4.74 Å². The van der Waals surface area contributed by atoms with Crippen LogP contribution < -0.4 is 4.74 Å². The van der Waals surface area contributed by atoms with Crippen LogP contribution in [0.25, 0.3) is 5.57 Å². The fourth-order valence-corrected chi connectivity index (χ4v) is 3.07. The van der Waals surface area contributed by atoms with E-state index in [0.29, 0.717) is 5.92 Å². The maximum Gasteiger partial charge on any atom is 0.119 e. The van der Waals surface area contributed by atoms with Crippen molar-refractivity contribution in [2.24, 2.45) is 0 Å². The van der Waals surface area contributed by atoms with Gasteiger partial charge in [-0.05, 0) is 54.2 Å². The maximum absolute atomic E-state index is 5.31. The molecule has 2 aromatic rings. The second-order valence-corrected chi connectivity index (χ2v) is 5.56. The van der Waals surface area contributed by atoms with E-state index >= 15 is 0 Å². The van der Waals surface area contributed by atoms with Gasteiger partial charge in [0.2, 0.25) is 0 Å². The van der Waals surface area contributed by atoms with Crippen LogP contribution >= 0.6 is 0 Å². The predicted octanol–water partition coefficient (Wildman–Crippen LogP) is 4.81. The molecule has 0 radical (unpaired) electrons. The van der Waals surface area contributed by atoms with Crippen LogP contribution in [0.3, 0.4) is 0 Å². The summed E-state index contributed by atoms with van der Waals surface area (Å²) >= 11 is 0. The van der Waals surface area contributed by atoms with Gasteiger partial charge in [0, 0.05) is 5.92 Å². The molecule has 0 heterocycles. The van der Waals surface area contributed by atoms with Crippen molar-refractivity contribution in [2.45, 2.75) is 25.7 Å². The van der Waals surface area contributed by atoms with Crippen LogP contribution in [0.2, 0.25) is 0 Å². The first-order chi connectivity index (χ1) is 9.69.